The third-order valence-corrected chi connectivity index (χ3v) is 3.30. The van der Waals surface area contributed by atoms with E-state index in [-0.39, 0.29) is 5.82 Å². The lowest BCUT2D eigenvalue weighted by molar-refractivity contribution is 0.0286. The van der Waals surface area contributed by atoms with Crippen LogP contribution in [-0.4, -0.2) is 31.2 Å². The van der Waals surface area contributed by atoms with Crippen LogP contribution in [-0.2, 0) is 11.3 Å². The van der Waals surface area contributed by atoms with E-state index in [0.29, 0.717) is 11.8 Å². The van der Waals surface area contributed by atoms with Crippen molar-refractivity contribution in [3.8, 4) is 0 Å². The summed E-state index contributed by atoms with van der Waals surface area (Å²) in [6.07, 6.45) is 2.57. The highest BCUT2D eigenvalue weighted by atomic mass is 19.1. The molecule has 1 aromatic rings. The van der Waals surface area contributed by atoms with E-state index in [2.05, 4.69) is 4.90 Å². The molecule has 1 unspecified atom stereocenters. The van der Waals surface area contributed by atoms with E-state index in [4.69, 9.17) is 10.5 Å². The summed E-state index contributed by atoms with van der Waals surface area (Å²) in [6, 6.07) is 4.61. The second-order valence-electron chi connectivity index (χ2n) is 4.58. The number of hydrogen-bond acceptors (Lipinski definition) is 3. The molecule has 1 aromatic carbocycles. The lowest BCUT2D eigenvalue weighted by atomic mass is 10.1. The van der Waals surface area contributed by atoms with Crippen LogP contribution in [0.4, 0.5) is 10.1 Å². The van der Waals surface area contributed by atoms with Crippen molar-refractivity contribution >= 4 is 5.69 Å². The number of nitrogens with two attached hydrogens (primary N) is 1. The highest BCUT2D eigenvalue weighted by molar-refractivity contribution is 5.46. The normalized spacial score (nSPS) is 21.6. The van der Waals surface area contributed by atoms with Gasteiger partial charge in [0.1, 0.15) is 5.82 Å². The Morgan fingerprint density at radius 1 is 1.53 bits per heavy atom. The van der Waals surface area contributed by atoms with E-state index < -0.39 is 0 Å². The number of nitrogen functional groups attached to an aromatic ring is 1. The molecule has 17 heavy (non-hydrogen) atoms. The standard InChI is InChI=1S/C13H19FN2O/c1-17-12-3-2-6-16(9-12)8-10-4-5-11(14)7-13(10)15/h4-5,7,12H,2-3,6,8-9,15H2,1H3. The van der Waals surface area contributed by atoms with Crippen LogP contribution in [0, 0.1) is 5.82 Å². The van der Waals surface area contributed by atoms with Crippen molar-refractivity contribution in [1.82, 2.24) is 4.90 Å². The quantitative estimate of drug-likeness (QED) is 0.819. The summed E-state index contributed by atoms with van der Waals surface area (Å²) in [6.45, 7) is 2.75. The summed E-state index contributed by atoms with van der Waals surface area (Å²) in [5.41, 5.74) is 7.33. The van der Waals surface area contributed by atoms with Crippen molar-refractivity contribution in [3.05, 3.63) is 29.6 Å². The molecule has 0 aliphatic carbocycles. The summed E-state index contributed by atoms with van der Waals surface area (Å²) < 4.78 is 18.3. The molecule has 0 spiro atoms. The average molecular weight is 238 g/mol. The summed E-state index contributed by atoms with van der Waals surface area (Å²) in [4.78, 5) is 2.31. The Bertz CT molecular complexity index is 384. The number of hydrogen-bond donors (Lipinski definition) is 1. The number of halogens is 1. The van der Waals surface area contributed by atoms with E-state index in [1.807, 2.05) is 0 Å². The smallest absolute Gasteiger partial charge is 0.125 e. The van der Waals surface area contributed by atoms with Crippen molar-refractivity contribution in [2.24, 2.45) is 0 Å². The first kappa shape index (κ1) is 12.3. The summed E-state index contributed by atoms with van der Waals surface area (Å²) in [5.74, 6) is -0.278. The number of ether oxygens (including phenoxy) is 1. The predicted octanol–water partition coefficient (Wildman–Crippen LogP) is 2.02. The first-order chi connectivity index (χ1) is 8.19. The van der Waals surface area contributed by atoms with Gasteiger partial charge in [-0.05, 0) is 37.1 Å². The molecule has 1 atom stereocenters. The fourth-order valence-electron chi connectivity index (χ4n) is 2.30. The number of benzene rings is 1. The van der Waals surface area contributed by atoms with Gasteiger partial charge in [-0.2, -0.15) is 0 Å². The predicted molar refractivity (Wildman–Crippen MR) is 66.1 cm³/mol. The Kier molecular flexibility index (Phi) is 3.97. The number of piperidine rings is 1. The maximum absolute atomic E-state index is 12.9. The minimum absolute atomic E-state index is 0.278. The van der Waals surface area contributed by atoms with Gasteiger partial charge >= 0.3 is 0 Å². The van der Waals surface area contributed by atoms with Crippen LogP contribution in [0.5, 0.6) is 0 Å². The van der Waals surface area contributed by atoms with Crippen LogP contribution in [0.25, 0.3) is 0 Å². The molecular weight excluding hydrogens is 219 g/mol. The summed E-state index contributed by atoms with van der Waals surface area (Å²) in [5, 5.41) is 0. The second-order valence-corrected chi connectivity index (χ2v) is 4.58. The zero-order valence-electron chi connectivity index (χ0n) is 10.2. The van der Waals surface area contributed by atoms with Gasteiger partial charge < -0.3 is 10.5 Å². The molecule has 1 fully saturated rings. The molecule has 0 amide bonds. The second kappa shape index (κ2) is 5.47. The number of rotatable bonds is 3. The summed E-state index contributed by atoms with van der Waals surface area (Å²) >= 11 is 0. The Morgan fingerprint density at radius 3 is 3.06 bits per heavy atom. The maximum Gasteiger partial charge on any atom is 0.125 e. The van der Waals surface area contributed by atoms with Crippen LogP contribution in [0.1, 0.15) is 18.4 Å². The SMILES string of the molecule is COC1CCCN(Cc2ccc(F)cc2N)C1. The third kappa shape index (κ3) is 3.17. The van der Waals surface area contributed by atoms with Gasteiger partial charge in [0.2, 0.25) is 0 Å². The van der Waals surface area contributed by atoms with Crippen molar-refractivity contribution in [3.63, 3.8) is 0 Å². The molecule has 0 radical (unpaired) electrons. The van der Waals surface area contributed by atoms with Crippen LogP contribution in [0.2, 0.25) is 0 Å². The Balaban J connectivity index is 2.00. The fourth-order valence-corrected chi connectivity index (χ4v) is 2.30. The monoisotopic (exact) mass is 238 g/mol. The molecule has 3 nitrogen and oxygen atoms in total. The van der Waals surface area contributed by atoms with Crippen LogP contribution in [0.3, 0.4) is 0 Å². The van der Waals surface area contributed by atoms with Crippen LogP contribution in [0.15, 0.2) is 18.2 Å². The molecule has 1 saturated heterocycles. The zero-order valence-corrected chi connectivity index (χ0v) is 10.2. The zero-order chi connectivity index (χ0) is 12.3. The molecule has 2 N–H and O–H groups in total. The van der Waals surface area contributed by atoms with Crippen molar-refractivity contribution in [1.29, 1.82) is 0 Å². The number of nitrogens with zero attached hydrogens (tertiary/aromatic N) is 1. The first-order valence-corrected chi connectivity index (χ1v) is 5.98. The van der Waals surface area contributed by atoms with Gasteiger partial charge in [0, 0.05) is 25.9 Å². The van der Waals surface area contributed by atoms with Gasteiger partial charge in [-0.1, -0.05) is 6.07 Å². The van der Waals surface area contributed by atoms with E-state index in [1.54, 1.807) is 13.2 Å². The van der Waals surface area contributed by atoms with Crippen LogP contribution >= 0.6 is 0 Å². The third-order valence-electron chi connectivity index (χ3n) is 3.30. The highest BCUT2D eigenvalue weighted by Crippen LogP contribution is 2.19. The molecule has 1 aliphatic heterocycles. The Morgan fingerprint density at radius 2 is 2.35 bits per heavy atom. The topological polar surface area (TPSA) is 38.5 Å². The lowest BCUT2D eigenvalue weighted by Crippen LogP contribution is -2.38. The Hall–Kier alpha value is -1.13. The minimum atomic E-state index is -0.278. The molecule has 4 heteroatoms. The highest BCUT2D eigenvalue weighted by Gasteiger charge is 2.19. The minimum Gasteiger partial charge on any atom is -0.398 e. The maximum atomic E-state index is 12.9. The largest absolute Gasteiger partial charge is 0.398 e. The lowest BCUT2D eigenvalue weighted by Gasteiger charge is -2.32. The molecule has 1 aliphatic rings. The summed E-state index contributed by atoms with van der Waals surface area (Å²) in [7, 11) is 1.75. The number of methoxy groups -OCH3 is 1. The van der Waals surface area contributed by atoms with E-state index in [9.17, 15) is 4.39 Å². The molecule has 94 valence electrons. The van der Waals surface area contributed by atoms with Crippen molar-refractivity contribution in [2.45, 2.75) is 25.5 Å². The van der Waals surface area contributed by atoms with E-state index >= 15 is 0 Å². The Labute approximate surface area is 101 Å². The van der Waals surface area contributed by atoms with Gasteiger partial charge in [0.15, 0.2) is 0 Å². The molecule has 0 aromatic heterocycles. The van der Waals surface area contributed by atoms with Gasteiger partial charge in [0.25, 0.3) is 0 Å². The first-order valence-electron chi connectivity index (χ1n) is 5.98. The number of likely N-dealkylation sites (tertiary alicyclic amines) is 1. The fraction of sp³-hybridized carbons (Fsp3) is 0.538. The van der Waals surface area contributed by atoms with Crippen LogP contribution < -0.4 is 5.73 Å². The molecular formula is C13H19FN2O. The van der Waals surface area contributed by atoms with Gasteiger partial charge in [-0.25, -0.2) is 4.39 Å². The molecule has 0 saturated carbocycles. The van der Waals surface area contributed by atoms with Crippen molar-refractivity contribution < 1.29 is 9.13 Å². The van der Waals surface area contributed by atoms with Gasteiger partial charge in [-0.15, -0.1) is 0 Å². The molecule has 0 bridgehead atoms. The van der Waals surface area contributed by atoms with E-state index in [0.717, 1.165) is 38.0 Å². The van der Waals surface area contributed by atoms with E-state index in [1.165, 1.54) is 12.1 Å². The van der Waals surface area contributed by atoms with Gasteiger partial charge in [-0.3, -0.25) is 4.90 Å². The average Bonchev–Trinajstić information content (AvgIpc) is 2.33. The number of anilines is 1. The van der Waals surface area contributed by atoms with Crippen molar-refractivity contribution in [2.75, 3.05) is 25.9 Å². The molecule has 1 heterocycles. The van der Waals surface area contributed by atoms with Gasteiger partial charge in [0.05, 0.1) is 6.10 Å². The molecule has 2 rings (SSSR count).